The summed E-state index contributed by atoms with van der Waals surface area (Å²) in [5.41, 5.74) is 6.60. The summed E-state index contributed by atoms with van der Waals surface area (Å²) in [4.78, 5) is 13.5. The van der Waals surface area contributed by atoms with Crippen molar-refractivity contribution in [2.75, 3.05) is 19.6 Å². The number of aromatic nitrogens is 2. The van der Waals surface area contributed by atoms with Crippen LogP contribution in [0.15, 0.2) is 6.07 Å². The maximum atomic E-state index is 11.0. The SMILES string of the molecule is CC(C)CN1CCCC(c2cc(C(N)=O)n[nH]2)C1. The Morgan fingerprint density at radius 1 is 1.67 bits per heavy atom. The largest absolute Gasteiger partial charge is 0.364 e. The van der Waals surface area contributed by atoms with Crippen molar-refractivity contribution in [3.63, 3.8) is 0 Å². The van der Waals surface area contributed by atoms with Crippen molar-refractivity contribution in [1.82, 2.24) is 15.1 Å². The zero-order chi connectivity index (χ0) is 13.1. The summed E-state index contributed by atoms with van der Waals surface area (Å²) in [7, 11) is 0. The summed E-state index contributed by atoms with van der Waals surface area (Å²) in [5.74, 6) is 0.664. The van der Waals surface area contributed by atoms with E-state index in [2.05, 4.69) is 28.9 Å². The third-order valence-electron chi connectivity index (χ3n) is 3.42. The Labute approximate surface area is 108 Å². The van der Waals surface area contributed by atoms with Crippen LogP contribution in [0.1, 0.15) is 48.8 Å². The number of hydrogen-bond acceptors (Lipinski definition) is 3. The molecule has 0 spiro atoms. The standard InChI is InChI=1S/C13H22N4O/c1-9(2)7-17-5-3-4-10(8-17)11-6-12(13(14)18)16-15-11/h6,9-10H,3-5,7-8H2,1-2H3,(H2,14,18)(H,15,16). The van der Waals surface area contributed by atoms with Crippen LogP contribution < -0.4 is 5.73 Å². The topological polar surface area (TPSA) is 75.0 Å². The van der Waals surface area contributed by atoms with Gasteiger partial charge in [0.15, 0.2) is 0 Å². The van der Waals surface area contributed by atoms with Crippen molar-refractivity contribution in [3.8, 4) is 0 Å². The molecule has 2 rings (SSSR count). The highest BCUT2D eigenvalue weighted by Crippen LogP contribution is 2.26. The van der Waals surface area contributed by atoms with Gasteiger partial charge in [-0.15, -0.1) is 0 Å². The zero-order valence-corrected chi connectivity index (χ0v) is 11.1. The Morgan fingerprint density at radius 3 is 3.06 bits per heavy atom. The monoisotopic (exact) mass is 250 g/mol. The maximum Gasteiger partial charge on any atom is 0.269 e. The number of hydrogen-bond donors (Lipinski definition) is 2. The number of amides is 1. The molecule has 0 saturated carbocycles. The first-order valence-corrected chi connectivity index (χ1v) is 6.63. The molecule has 0 aliphatic carbocycles. The molecule has 1 aromatic rings. The van der Waals surface area contributed by atoms with Crippen LogP contribution in [0.2, 0.25) is 0 Å². The predicted octanol–water partition coefficient (Wildman–Crippen LogP) is 1.34. The fraction of sp³-hybridized carbons (Fsp3) is 0.692. The van der Waals surface area contributed by atoms with Gasteiger partial charge < -0.3 is 10.6 Å². The van der Waals surface area contributed by atoms with Crippen LogP contribution in [0, 0.1) is 5.92 Å². The van der Waals surface area contributed by atoms with Gasteiger partial charge in [-0.3, -0.25) is 9.89 Å². The summed E-state index contributed by atoms with van der Waals surface area (Å²) >= 11 is 0. The first kappa shape index (κ1) is 13.1. The lowest BCUT2D eigenvalue weighted by atomic mass is 9.94. The Bertz CT molecular complexity index is 413. The minimum atomic E-state index is -0.465. The van der Waals surface area contributed by atoms with Gasteiger partial charge in [0.25, 0.3) is 5.91 Å². The van der Waals surface area contributed by atoms with E-state index in [1.165, 1.54) is 13.0 Å². The van der Waals surface area contributed by atoms with Crippen LogP contribution in [-0.2, 0) is 0 Å². The van der Waals surface area contributed by atoms with Crippen LogP contribution >= 0.6 is 0 Å². The van der Waals surface area contributed by atoms with E-state index in [1.54, 1.807) is 6.07 Å². The third-order valence-corrected chi connectivity index (χ3v) is 3.42. The zero-order valence-electron chi connectivity index (χ0n) is 11.1. The molecular weight excluding hydrogens is 228 g/mol. The Morgan fingerprint density at radius 2 is 2.44 bits per heavy atom. The van der Waals surface area contributed by atoms with Gasteiger partial charge in [-0.25, -0.2) is 0 Å². The molecule has 18 heavy (non-hydrogen) atoms. The highest BCUT2D eigenvalue weighted by molar-refractivity contribution is 5.90. The number of rotatable bonds is 4. The second-order valence-electron chi connectivity index (χ2n) is 5.57. The summed E-state index contributed by atoms with van der Waals surface area (Å²) in [6, 6.07) is 1.80. The number of H-pyrrole nitrogens is 1. The molecule has 1 amide bonds. The number of carbonyl (C=O) groups excluding carboxylic acids is 1. The molecular formula is C13H22N4O. The third kappa shape index (κ3) is 3.10. The average molecular weight is 250 g/mol. The molecule has 1 aliphatic heterocycles. The summed E-state index contributed by atoms with van der Waals surface area (Å²) in [5, 5.41) is 6.91. The van der Waals surface area contributed by atoms with Gasteiger partial charge in [0, 0.05) is 24.7 Å². The van der Waals surface area contributed by atoms with Crippen LogP contribution in [0.4, 0.5) is 0 Å². The summed E-state index contributed by atoms with van der Waals surface area (Å²) in [6.45, 7) is 7.83. The molecule has 1 fully saturated rings. The minimum absolute atomic E-state index is 0.339. The molecule has 3 N–H and O–H groups in total. The molecule has 1 saturated heterocycles. The molecule has 2 heterocycles. The molecule has 0 radical (unpaired) electrons. The smallest absolute Gasteiger partial charge is 0.269 e. The average Bonchev–Trinajstić information content (AvgIpc) is 2.77. The Kier molecular flexibility index (Phi) is 4.01. The number of likely N-dealkylation sites (tertiary alicyclic amines) is 1. The fourth-order valence-corrected chi connectivity index (χ4v) is 2.66. The van der Waals surface area contributed by atoms with E-state index >= 15 is 0 Å². The van der Waals surface area contributed by atoms with Crippen molar-refractivity contribution in [2.45, 2.75) is 32.6 Å². The lowest BCUT2D eigenvalue weighted by Crippen LogP contribution is -2.36. The quantitative estimate of drug-likeness (QED) is 0.847. The first-order valence-electron chi connectivity index (χ1n) is 6.63. The fourth-order valence-electron chi connectivity index (χ4n) is 2.66. The molecule has 100 valence electrons. The number of aromatic amines is 1. The van der Waals surface area contributed by atoms with Crippen LogP contribution in [0.5, 0.6) is 0 Å². The highest BCUT2D eigenvalue weighted by atomic mass is 16.1. The van der Waals surface area contributed by atoms with E-state index < -0.39 is 5.91 Å². The summed E-state index contributed by atoms with van der Waals surface area (Å²) < 4.78 is 0. The van der Waals surface area contributed by atoms with Crippen molar-refractivity contribution in [1.29, 1.82) is 0 Å². The van der Waals surface area contributed by atoms with E-state index in [0.717, 1.165) is 25.2 Å². The van der Waals surface area contributed by atoms with Gasteiger partial charge in [0.05, 0.1) is 0 Å². The molecule has 1 atom stereocenters. The molecule has 0 aromatic carbocycles. The number of carbonyl (C=O) groups is 1. The number of nitrogens with one attached hydrogen (secondary N) is 1. The van der Waals surface area contributed by atoms with Crippen LogP contribution in [-0.4, -0.2) is 40.6 Å². The molecule has 0 bridgehead atoms. The molecule has 1 unspecified atom stereocenters. The number of nitrogens with two attached hydrogens (primary N) is 1. The van der Waals surface area contributed by atoms with Crippen molar-refractivity contribution >= 4 is 5.91 Å². The maximum absolute atomic E-state index is 11.0. The van der Waals surface area contributed by atoms with Gasteiger partial charge in [0.1, 0.15) is 5.69 Å². The molecule has 5 nitrogen and oxygen atoms in total. The van der Waals surface area contributed by atoms with Gasteiger partial charge in [-0.05, 0) is 31.4 Å². The Balaban J connectivity index is 2.01. The molecule has 1 aromatic heterocycles. The lowest BCUT2D eigenvalue weighted by molar-refractivity contribution is 0.0995. The second-order valence-corrected chi connectivity index (χ2v) is 5.57. The number of primary amides is 1. The Hall–Kier alpha value is -1.36. The van der Waals surface area contributed by atoms with E-state index in [9.17, 15) is 4.79 Å². The number of piperidine rings is 1. The van der Waals surface area contributed by atoms with Crippen LogP contribution in [0.3, 0.4) is 0 Å². The highest BCUT2D eigenvalue weighted by Gasteiger charge is 2.23. The van der Waals surface area contributed by atoms with Gasteiger partial charge >= 0.3 is 0 Å². The van der Waals surface area contributed by atoms with Crippen molar-refractivity contribution < 1.29 is 4.79 Å². The van der Waals surface area contributed by atoms with E-state index in [4.69, 9.17) is 5.73 Å². The van der Waals surface area contributed by atoms with Crippen LogP contribution in [0.25, 0.3) is 0 Å². The second kappa shape index (κ2) is 5.52. The predicted molar refractivity (Wildman–Crippen MR) is 70.4 cm³/mol. The normalized spacial score (nSPS) is 21.4. The lowest BCUT2D eigenvalue weighted by Gasteiger charge is -2.33. The van der Waals surface area contributed by atoms with Crippen molar-refractivity contribution in [2.24, 2.45) is 11.7 Å². The molecule has 1 aliphatic rings. The minimum Gasteiger partial charge on any atom is -0.364 e. The summed E-state index contributed by atoms with van der Waals surface area (Å²) in [6.07, 6.45) is 2.34. The van der Waals surface area contributed by atoms with E-state index in [0.29, 0.717) is 17.5 Å². The van der Waals surface area contributed by atoms with Crippen molar-refractivity contribution in [3.05, 3.63) is 17.5 Å². The van der Waals surface area contributed by atoms with Gasteiger partial charge in [-0.1, -0.05) is 13.8 Å². The van der Waals surface area contributed by atoms with Gasteiger partial charge in [0.2, 0.25) is 0 Å². The molecule has 5 heteroatoms. The van der Waals surface area contributed by atoms with Gasteiger partial charge in [-0.2, -0.15) is 5.10 Å². The van der Waals surface area contributed by atoms with E-state index in [-0.39, 0.29) is 0 Å². The first-order chi connectivity index (χ1) is 8.56. The number of nitrogens with zero attached hydrogens (tertiary/aromatic N) is 2. The van der Waals surface area contributed by atoms with E-state index in [1.807, 2.05) is 0 Å².